The van der Waals surface area contributed by atoms with Gasteiger partial charge in [-0.25, -0.2) is 4.39 Å². The van der Waals surface area contributed by atoms with Crippen LogP contribution in [0.1, 0.15) is 19.8 Å². The van der Waals surface area contributed by atoms with Crippen LogP contribution in [0.15, 0.2) is 12.4 Å². The molecule has 0 bridgehead atoms. The third-order valence-electron chi connectivity index (χ3n) is 3.08. The fourth-order valence-corrected chi connectivity index (χ4v) is 2.12. The van der Waals surface area contributed by atoms with E-state index in [1.807, 2.05) is 0 Å². The molecule has 2 rings (SSSR count). The monoisotopic (exact) mass is 211 g/mol. The molecular weight excluding hydrogens is 197 g/mol. The van der Waals surface area contributed by atoms with Gasteiger partial charge in [0.2, 0.25) is 0 Å². The van der Waals surface area contributed by atoms with Crippen molar-refractivity contribution in [2.75, 3.05) is 13.1 Å². The number of nitrogens with zero attached hydrogens (tertiary/aromatic N) is 2. The summed E-state index contributed by atoms with van der Waals surface area (Å²) in [6.07, 6.45) is 3.78. The van der Waals surface area contributed by atoms with E-state index in [4.69, 9.17) is 0 Å². The highest BCUT2D eigenvalue weighted by molar-refractivity contribution is 5.84. The van der Waals surface area contributed by atoms with Crippen molar-refractivity contribution in [2.45, 2.75) is 25.3 Å². The number of halogens is 1. The van der Waals surface area contributed by atoms with Gasteiger partial charge in [0.1, 0.15) is 5.54 Å². The Hall–Kier alpha value is -1.23. The lowest BCUT2D eigenvalue weighted by Crippen LogP contribution is -2.49. The Kier molecular flexibility index (Phi) is 2.56. The molecule has 2 heterocycles. The van der Waals surface area contributed by atoms with Gasteiger partial charge in [0.15, 0.2) is 11.6 Å². The first-order valence-corrected chi connectivity index (χ1v) is 5.07. The molecule has 1 N–H and O–H groups in total. The SMILES string of the molecule is CC(=O)C1(n2cc(F)cn2)CCNCC1. The first-order chi connectivity index (χ1) is 7.15. The van der Waals surface area contributed by atoms with E-state index in [1.165, 1.54) is 10.9 Å². The molecule has 0 spiro atoms. The van der Waals surface area contributed by atoms with Crippen molar-refractivity contribution in [2.24, 2.45) is 0 Å². The van der Waals surface area contributed by atoms with Gasteiger partial charge in [-0.3, -0.25) is 9.48 Å². The van der Waals surface area contributed by atoms with Gasteiger partial charge in [-0.05, 0) is 32.9 Å². The summed E-state index contributed by atoms with van der Waals surface area (Å²) in [6.45, 7) is 3.08. The lowest BCUT2D eigenvalue weighted by molar-refractivity contribution is -0.127. The summed E-state index contributed by atoms with van der Waals surface area (Å²) in [5.41, 5.74) is -0.643. The molecule has 4 nitrogen and oxygen atoms in total. The van der Waals surface area contributed by atoms with E-state index in [2.05, 4.69) is 10.4 Å². The minimum Gasteiger partial charge on any atom is -0.317 e. The predicted octanol–water partition coefficient (Wildman–Crippen LogP) is 0.690. The second kappa shape index (κ2) is 3.73. The van der Waals surface area contributed by atoms with E-state index in [9.17, 15) is 9.18 Å². The molecule has 0 aliphatic carbocycles. The fourth-order valence-electron chi connectivity index (χ4n) is 2.12. The van der Waals surface area contributed by atoms with Crippen molar-refractivity contribution in [1.29, 1.82) is 0 Å². The molecule has 0 amide bonds. The number of aromatic nitrogens is 2. The lowest BCUT2D eigenvalue weighted by atomic mass is 9.85. The van der Waals surface area contributed by atoms with E-state index in [1.54, 1.807) is 6.92 Å². The molecule has 5 heteroatoms. The van der Waals surface area contributed by atoms with Gasteiger partial charge in [0.25, 0.3) is 0 Å². The zero-order chi connectivity index (χ0) is 10.9. The van der Waals surface area contributed by atoms with E-state index < -0.39 is 11.4 Å². The summed E-state index contributed by atoms with van der Waals surface area (Å²) in [6, 6.07) is 0. The Morgan fingerprint density at radius 1 is 1.60 bits per heavy atom. The maximum Gasteiger partial charge on any atom is 0.161 e. The summed E-state index contributed by atoms with van der Waals surface area (Å²) >= 11 is 0. The molecule has 15 heavy (non-hydrogen) atoms. The van der Waals surface area contributed by atoms with Crippen LogP contribution < -0.4 is 5.32 Å². The molecule has 82 valence electrons. The van der Waals surface area contributed by atoms with Gasteiger partial charge < -0.3 is 5.32 Å². The number of carbonyl (C=O) groups excluding carboxylic acids is 1. The smallest absolute Gasteiger partial charge is 0.161 e. The van der Waals surface area contributed by atoms with Crippen LogP contribution in [0.5, 0.6) is 0 Å². The van der Waals surface area contributed by atoms with Gasteiger partial charge >= 0.3 is 0 Å². The zero-order valence-corrected chi connectivity index (χ0v) is 8.66. The van der Waals surface area contributed by atoms with Crippen molar-refractivity contribution in [3.63, 3.8) is 0 Å². The summed E-state index contributed by atoms with van der Waals surface area (Å²) < 4.78 is 14.4. The molecule has 1 saturated heterocycles. The number of Topliss-reactive ketones (excluding diaryl/α,β-unsaturated/α-hetero) is 1. The Morgan fingerprint density at radius 3 is 2.73 bits per heavy atom. The number of nitrogens with one attached hydrogen (secondary N) is 1. The first-order valence-electron chi connectivity index (χ1n) is 5.07. The third-order valence-corrected chi connectivity index (χ3v) is 3.08. The Morgan fingerprint density at radius 2 is 2.27 bits per heavy atom. The molecule has 0 aromatic carbocycles. The highest BCUT2D eigenvalue weighted by atomic mass is 19.1. The van der Waals surface area contributed by atoms with Gasteiger partial charge in [0.05, 0.1) is 12.4 Å². The molecular formula is C10H14FN3O. The molecule has 0 radical (unpaired) electrons. The maximum absolute atomic E-state index is 12.9. The number of hydrogen-bond donors (Lipinski definition) is 1. The minimum atomic E-state index is -0.643. The molecule has 1 fully saturated rings. The summed E-state index contributed by atoms with van der Waals surface area (Å²) in [7, 11) is 0. The molecule has 1 aromatic rings. The standard InChI is InChI=1S/C10H14FN3O/c1-8(15)10(2-4-12-5-3-10)14-7-9(11)6-13-14/h6-7,12H,2-5H2,1H3. The van der Waals surface area contributed by atoms with E-state index in [0.717, 1.165) is 19.3 Å². The normalized spacial score (nSPS) is 20.1. The van der Waals surface area contributed by atoms with Crippen molar-refractivity contribution < 1.29 is 9.18 Å². The van der Waals surface area contributed by atoms with Crippen molar-refractivity contribution in [3.8, 4) is 0 Å². The largest absolute Gasteiger partial charge is 0.317 e. The van der Waals surface area contributed by atoms with Crippen LogP contribution >= 0.6 is 0 Å². The van der Waals surface area contributed by atoms with E-state index >= 15 is 0 Å². The Labute approximate surface area is 87.5 Å². The second-order valence-corrected chi connectivity index (χ2v) is 3.94. The van der Waals surface area contributed by atoms with Crippen molar-refractivity contribution in [3.05, 3.63) is 18.2 Å². The average Bonchev–Trinajstić information content (AvgIpc) is 2.66. The third kappa shape index (κ3) is 1.67. The number of carbonyl (C=O) groups is 1. The Balaban J connectivity index is 2.37. The van der Waals surface area contributed by atoms with Gasteiger partial charge in [-0.2, -0.15) is 5.10 Å². The second-order valence-electron chi connectivity index (χ2n) is 3.94. The van der Waals surface area contributed by atoms with Crippen LogP contribution in [-0.4, -0.2) is 28.7 Å². The molecule has 1 aromatic heterocycles. The predicted molar refractivity (Wildman–Crippen MR) is 52.9 cm³/mol. The maximum atomic E-state index is 12.9. The summed E-state index contributed by atoms with van der Waals surface area (Å²) in [5, 5.41) is 7.11. The van der Waals surface area contributed by atoms with Crippen LogP contribution in [0, 0.1) is 5.82 Å². The number of hydrogen-bond acceptors (Lipinski definition) is 3. The van der Waals surface area contributed by atoms with Crippen LogP contribution in [0.3, 0.4) is 0 Å². The average molecular weight is 211 g/mol. The quantitative estimate of drug-likeness (QED) is 0.783. The van der Waals surface area contributed by atoms with Crippen molar-refractivity contribution in [1.82, 2.24) is 15.1 Å². The number of ketones is 1. The fraction of sp³-hybridized carbons (Fsp3) is 0.600. The van der Waals surface area contributed by atoms with Crippen LogP contribution in [0.25, 0.3) is 0 Å². The molecule has 1 aliphatic rings. The summed E-state index contributed by atoms with van der Waals surface area (Å²) in [4.78, 5) is 11.7. The topological polar surface area (TPSA) is 46.9 Å². The summed E-state index contributed by atoms with van der Waals surface area (Å²) in [5.74, 6) is -0.346. The minimum absolute atomic E-state index is 0.0482. The van der Waals surface area contributed by atoms with Gasteiger partial charge in [-0.15, -0.1) is 0 Å². The van der Waals surface area contributed by atoms with Gasteiger partial charge in [0, 0.05) is 0 Å². The molecule has 0 atom stereocenters. The Bertz CT molecular complexity index is 368. The van der Waals surface area contributed by atoms with Gasteiger partial charge in [-0.1, -0.05) is 0 Å². The van der Waals surface area contributed by atoms with Crippen molar-refractivity contribution >= 4 is 5.78 Å². The number of piperidine rings is 1. The van der Waals surface area contributed by atoms with Crippen LogP contribution in [-0.2, 0) is 10.3 Å². The molecule has 1 aliphatic heterocycles. The lowest BCUT2D eigenvalue weighted by Gasteiger charge is -2.35. The van der Waals surface area contributed by atoms with Crippen LogP contribution in [0.4, 0.5) is 4.39 Å². The van der Waals surface area contributed by atoms with E-state index in [-0.39, 0.29) is 5.78 Å². The molecule has 0 unspecified atom stereocenters. The van der Waals surface area contributed by atoms with Crippen LogP contribution in [0.2, 0.25) is 0 Å². The molecule has 0 saturated carbocycles. The highest BCUT2D eigenvalue weighted by Crippen LogP contribution is 2.28. The zero-order valence-electron chi connectivity index (χ0n) is 8.66. The first kappa shape index (κ1) is 10.3. The highest BCUT2D eigenvalue weighted by Gasteiger charge is 2.39. The van der Waals surface area contributed by atoms with E-state index in [0.29, 0.717) is 12.8 Å². The number of rotatable bonds is 2.